The first kappa shape index (κ1) is 17.1. The van der Waals surface area contributed by atoms with Gasteiger partial charge in [0, 0.05) is 12.6 Å². The number of halogens is 3. The van der Waals surface area contributed by atoms with E-state index in [2.05, 4.69) is 12.2 Å². The van der Waals surface area contributed by atoms with Crippen molar-refractivity contribution in [3.05, 3.63) is 0 Å². The van der Waals surface area contributed by atoms with Gasteiger partial charge in [-0.3, -0.25) is 0 Å². The van der Waals surface area contributed by atoms with Gasteiger partial charge in [-0.15, -0.1) is 0 Å². The molecule has 124 valence electrons. The monoisotopic (exact) mass is 307 g/mol. The van der Waals surface area contributed by atoms with Gasteiger partial charge in [-0.2, -0.15) is 13.2 Å². The Hall–Kier alpha value is -0.290. The van der Waals surface area contributed by atoms with Gasteiger partial charge in [0.05, 0.1) is 11.5 Å². The van der Waals surface area contributed by atoms with Crippen molar-refractivity contribution in [2.24, 2.45) is 11.8 Å². The van der Waals surface area contributed by atoms with Crippen LogP contribution in [0.3, 0.4) is 0 Å². The van der Waals surface area contributed by atoms with Crippen molar-refractivity contribution >= 4 is 0 Å². The molecular formula is C16H28F3NO. The SMILES string of the molecule is CCC1CCC(O)(CNC2CCC(C(F)(F)F)CC2)CC1. The standard InChI is InChI=1S/C16H28F3NO/c1-2-12-7-9-15(21,10-8-12)11-20-14-5-3-13(4-6-14)16(17,18)19/h12-14,20-21H,2-11H2,1H3. The van der Waals surface area contributed by atoms with Gasteiger partial charge < -0.3 is 10.4 Å². The van der Waals surface area contributed by atoms with E-state index in [1.54, 1.807) is 0 Å². The Balaban J connectivity index is 1.70. The highest BCUT2D eigenvalue weighted by atomic mass is 19.4. The van der Waals surface area contributed by atoms with Crippen LogP contribution in [0.2, 0.25) is 0 Å². The minimum absolute atomic E-state index is 0.136. The maximum absolute atomic E-state index is 12.6. The molecule has 2 rings (SSSR count). The fourth-order valence-corrected chi connectivity index (χ4v) is 3.76. The Morgan fingerprint density at radius 2 is 1.62 bits per heavy atom. The molecule has 2 N–H and O–H groups in total. The van der Waals surface area contributed by atoms with Gasteiger partial charge in [0.25, 0.3) is 0 Å². The van der Waals surface area contributed by atoms with E-state index in [1.807, 2.05) is 0 Å². The molecule has 2 saturated carbocycles. The zero-order valence-electron chi connectivity index (χ0n) is 12.9. The molecule has 0 spiro atoms. The highest BCUT2D eigenvalue weighted by Gasteiger charge is 2.41. The average molecular weight is 307 g/mol. The molecule has 0 heterocycles. The molecule has 2 aliphatic rings. The summed E-state index contributed by atoms with van der Waals surface area (Å²) in [7, 11) is 0. The van der Waals surface area contributed by atoms with Gasteiger partial charge in [0.1, 0.15) is 0 Å². The van der Waals surface area contributed by atoms with Crippen LogP contribution in [0.25, 0.3) is 0 Å². The minimum atomic E-state index is -4.04. The fourth-order valence-electron chi connectivity index (χ4n) is 3.76. The summed E-state index contributed by atoms with van der Waals surface area (Å²) in [6.07, 6.45) is 2.47. The van der Waals surface area contributed by atoms with Crippen molar-refractivity contribution in [2.45, 2.75) is 82.5 Å². The highest BCUT2D eigenvalue weighted by molar-refractivity contribution is 4.89. The first-order chi connectivity index (χ1) is 9.82. The van der Waals surface area contributed by atoms with Gasteiger partial charge in [0.15, 0.2) is 0 Å². The van der Waals surface area contributed by atoms with Gasteiger partial charge in [-0.1, -0.05) is 13.3 Å². The lowest BCUT2D eigenvalue weighted by Crippen LogP contribution is -2.47. The van der Waals surface area contributed by atoms with Crippen molar-refractivity contribution < 1.29 is 18.3 Å². The maximum Gasteiger partial charge on any atom is 0.391 e. The van der Waals surface area contributed by atoms with Crippen LogP contribution >= 0.6 is 0 Å². The van der Waals surface area contributed by atoms with E-state index in [0.717, 1.165) is 31.6 Å². The van der Waals surface area contributed by atoms with Crippen LogP contribution in [0.4, 0.5) is 13.2 Å². The molecule has 0 aliphatic heterocycles. The fraction of sp³-hybridized carbons (Fsp3) is 1.00. The van der Waals surface area contributed by atoms with Gasteiger partial charge in [-0.05, 0) is 57.3 Å². The van der Waals surface area contributed by atoms with Gasteiger partial charge in [0.2, 0.25) is 0 Å². The van der Waals surface area contributed by atoms with Crippen molar-refractivity contribution in [1.82, 2.24) is 5.32 Å². The average Bonchev–Trinajstić information content (AvgIpc) is 2.46. The Labute approximate surface area is 125 Å². The summed E-state index contributed by atoms with van der Waals surface area (Å²) in [6, 6.07) is 0.136. The predicted molar refractivity (Wildman–Crippen MR) is 77.0 cm³/mol. The lowest BCUT2D eigenvalue weighted by atomic mass is 9.77. The number of hydrogen-bond donors (Lipinski definition) is 2. The lowest BCUT2D eigenvalue weighted by molar-refractivity contribution is -0.182. The number of rotatable bonds is 4. The maximum atomic E-state index is 12.6. The van der Waals surface area contributed by atoms with E-state index in [-0.39, 0.29) is 18.9 Å². The quantitative estimate of drug-likeness (QED) is 0.822. The zero-order valence-corrected chi connectivity index (χ0v) is 12.9. The third-order valence-electron chi connectivity index (χ3n) is 5.52. The summed E-state index contributed by atoms with van der Waals surface area (Å²) >= 11 is 0. The highest BCUT2D eigenvalue weighted by Crippen LogP contribution is 2.38. The van der Waals surface area contributed by atoms with Gasteiger partial charge >= 0.3 is 6.18 Å². The van der Waals surface area contributed by atoms with Crippen molar-refractivity contribution in [3.63, 3.8) is 0 Å². The number of aliphatic hydroxyl groups is 1. The van der Waals surface area contributed by atoms with E-state index < -0.39 is 17.7 Å². The minimum Gasteiger partial charge on any atom is -0.389 e. The van der Waals surface area contributed by atoms with E-state index in [4.69, 9.17) is 0 Å². The molecule has 0 aromatic rings. The van der Waals surface area contributed by atoms with Crippen LogP contribution in [-0.4, -0.2) is 29.5 Å². The molecule has 0 aromatic heterocycles. The molecule has 0 bridgehead atoms. The summed E-state index contributed by atoms with van der Waals surface area (Å²) < 4.78 is 37.8. The van der Waals surface area contributed by atoms with Crippen LogP contribution in [0.5, 0.6) is 0 Å². The van der Waals surface area contributed by atoms with E-state index >= 15 is 0 Å². The van der Waals surface area contributed by atoms with E-state index in [1.165, 1.54) is 6.42 Å². The van der Waals surface area contributed by atoms with Crippen LogP contribution in [0.1, 0.15) is 64.7 Å². The second-order valence-electron chi connectivity index (χ2n) is 7.05. The second kappa shape index (κ2) is 6.86. The molecule has 0 aromatic carbocycles. The molecule has 0 atom stereocenters. The van der Waals surface area contributed by atoms with Gasteiger partial charge in [-0.25, -0.2) is 0 Å². The second-order valence-corrected chi connectivity index (χ2v) is 7.05. The third-order valence-corrected chi connectivity index (χ3v) is 5.52. The van der Waals surface area contributed by atoms with Crippen LogP contribution < -0.4 is 5.32 Å². The van der Waals surface area contributed by atoms with Crippen LogP contribution in [0.15, 0.2) is 0 Å². The Morgan fingerprint density at radius 1 is 1.05 bits per heavy atom. The molecular weight excluding hydrogens is 279 g/mol. The molecule has 5 heteroatoms. The summed E-state index contributed by atoms with van der Waals surface area (Å²) in [5.74, 6) is -0.397. The molecule has 0 saturated heterocycles. The number of nitrogens with one attached hydrogen (secondary N) is 1. The zero-order chi connectivity index (χ0) is 15.5. The smallest absolute Gasteiger partial charge is 0.389 e. The molecule has 2 fully saturated rings. The van der Waals surface area contributed by atoms with Crippen molar-refractivity contribution in [2.75, 3.05) is 6.54 Å². The molecule has 0 unspecified atom stereocenters. The Kier molecular flexibility index (Phi) is 5.58. The molecule has 21 heavy (non-hydrogen) atoms. The van der Waals surface area contributed by atoms with Crippen molar-refractivity contribution in [3.8, 4) is 0 Å². The topological polar surface area (TPSA) is 32.3 Å². The van der Waals surface area contributed by atoms with Crippen molar-refractivity contribution in [1.29, 1.82) is 0 Å². The predicted octanol–water partition coefficient (Wildman–Crippen LogP) is 4.03. The molecule has 0 radical (unpaired) electrons. The molecule has 2 aliphatic carbocycles. The van der Waals surface area contributed by atoms with Crippen LogP contribution in [0, 0.1) is 11.8 Å². The van der Waals surface area contributed by atoms with E-state index in [0.29, 0.717) is 19.4 Å². The summed E-state index contributed by atoms with van der Waals surface area (Å²) in [5.41, 5.74) is -0.646. The van der Waals surface area contributed by atoms with E-state index in [9.17, 15) is 18.3 Å². The number of alkyl halides is 3. The molecule has 2 nitrogen and oxygen atoms in total. The summed E-state index contributed by atoms with van der Waals surface area (Å²) in [5, 5.41) is 13.9. The summed E-state index contributed by atoms with van der Waals surface area (Å²) in [6.45, 7) is 2.72. The normalized spacial score (nSPS) is 38.4. The summed E-state index contributed by atoms with van der Waals surface area (Å²) in [4.78, 5) is 0. The number of hydrogen-bond acceptors (Lipinski definition) is 2. The lowest BCUT2D eigenvalue weighted by Gasteiger charge is -2.38. The first-order valence-corrected chi connectivity index (χ1v) is 8.35. The third kappa shape index (κ3) is 4.85. The Morgan fingerprint density at radius 3 is 2.10 bits per heavy atom. The first-order valence-electron chi connectivity index (χ1n) is 8.35. The molecule has 0 amide bonds. The largest absolute Gasteiger partial charge is 0.391 e. The Bertz CT molecular complexity index is 316. The van der Waals surface area contributed by atoms with Crippen LogP contribution in [-0.2, 0) is 0 Å².